The lowest BCUT2D eigenvalue weighted by Gasteiger charge is -2.37. The predicted molar refractivity (Wildman–Crippen MR) is 41.0 cm³/mol. The van der Waals surface area contributed by atoms with Crippen molar-refractivity contribution in [2.45, 2.75) is 38.7 Å². The summed E-state index contributed by atoms with van der Waals surface area (Å²) in [5.41, 5.74) is 0. The number of fused-ring (bicyclic) bond motifs is 2. The van der Waals surface area contributed by atoms with Crippen LogP contribution >= 0.6 is 0 Å². The van der Waals surface area contributed by atoms with E-state index in [9.17, 15) is 4.79 Å². The minimum atomic E-state index is 0.0333. The van der Waals surface area contributed by atoms with Crippen LogP contribution in [0.1, 0.15) is 32.6 Å². The molecule has 2 heteroatoms. The maximum Gasteiger partial charge on any atom is 0.309 e. The molecule has 1 saturated heterocycles. The molecule has 2 fully saturated rings. The summed E-state index contributed by atoms with van der Waals surface area (Å²) in [6, 6.07) is 0. The van der Waals surface area contributed by atoms with Crippen molar-refractivity contribution in [2.24, 2.45) is 11.8 Å². The molecule has 1 saturated carbocycles. The molecule has 3 atom stereocenters. The van der Waals surface area contributed by atoms with Gasteiger partial charge in [-0.1, -0.05) is 6.92 Å². The number of rotatable bonds is 0. The van der Waals surface area contributed by atoms with Crippen molar-refractivity contribution >= 4 is 5.97 Å². The molecule has 0 aromatic carbocycles. The van der Waals surface area contributed by atoms with Crippen LogP contribution in [0, 0.1) is 11.8 Å². The number of carbonyl (C=O) groups excluding carboxylic acids is 1. The molecule has 2 bridgehead atoms. The number of hydrogen-bond acceptors (Lipinski definition) is 2. The molecule has 2 rings (SSSR count). The van der Waals surface area contributed by atoms with Crippen molar-refractivity contribution in [2.75, 3.05) is 0 Å². The lowest BCUT2D eigenvalue weighted by atomic mass is 9.77. The van der Waals surface area contributed by atoms with Gasteiger partial charge in [0.25, 0.3) is 0 Å². The van der Waals surface area contributed by atoms with Gasteiger partial charge in [-0.3, -0.25) is 4.79 Å². The minimum Gasteiger partial charge on any atom is -0.462 e. The standard InChI is InChI=1S/C9H14O2/c1-6-7-3-2-4-8(5-7)11-9(6)10/h6-8H,2-5H2,1H3. The first-order valence-electron chi connectivity index (χ1n) is 4.48. The number of hydrogen-bond donors (Lipinski definition) is 0. The summed E-state index contributed by atoms with van der Waals surface area (Å²) in [6.45, 7) is 1.99. The molecule has 1 aliphatic carbocycles. The Labute approximate surface area is 66.9 Å². The van der Waals surface area contributed by atoms with E-state index in [1.54, 1.807) is 0 Å². The Bertz CT molecular complexity index is 176. The number of ether oxygens (including phenoxy) is 1. The SMILES string of the molecule is CC1C(=O)OC2CCCC1C2. The fourth-order valence-corrected chi connectivity index (χ4v) is 2.21. The van der Waals surface area contributed by atoms with Gasteiger partial charge in [-0.25, -0.2) is 0 Å². The zero-order valence-electron chi connectivity index (χ0n) is 6.88. The van der Waals surface area contributed by atoms with Crippen LogP contribution in [0.2, 0.25) is 0 Å². The zero-order chi connectivity index (χ0) is 7.84. The van der Waals surface area contributed by atoms with Gasteiger partial charge in [0.15, 0.2) is 0 Å². The average molecular weight is 154 g/mol. The van der Waals surface area contributed by atoms with Gasteiger partial charge in [-0.05, 0) is 31.6 Å². The predicted octanol–water partition coefficient (Wildman–Crippen LogP) is 1.74. The maximum absolute atomic E-state index is 11.2. The molecule has 0 N–H and O–H groups in total. The van der Waals surface area contributed by atoms with Crippen LogP contribution in [0.25, 0.3) is 0 Å². The van der Waals surface area contributed by atoms with Crippen LogP contribution in [-0.4, -0.2) is 12.1 Å². The first-order chi connectivity index (χ1) is 5.27. The summed E-state index contributed by atoms with van der Waals surface area (Å²) in [5.74, 6) is 0.812. The molecular weight excluding hydrogens is 140 g/mol. The highest BCUT2D eigenvalue weighted by atomic mass is 16.5. The molecule has 0 radical (unpaired) electrons. The van der Waals surface area contributed by atoms with Crippen LogP contribution in [0.4, 0.5) is 0 Å². The van der Waals surface area contributed by atoms with E-state index in [2.05, 4.69) is 0 Å². The maximum atomic E-state index is 11.2. The van der Waals surface area contributed by atoms with Gasteiger partial charge in [-0.15, -0.1) is 0 Å². The van der Waals surface area contributed by atoms with Crippen molar-refractivity contribution in [3.05, 3.63) is 0 Å². The van der Waals surface area contributed by atoms with E-state index in [1.807, 2.05) is 6.92 Å². The van der Waals surface area contributed by atoms with Gasteiger partial charge in [0.2, 0.25) is 0 Å². The van der Waals surface area contributed by atoms with E-state index in [0.717, 1.165) is 12.8 Å². The number of carbonyl (C=O) groups is 1. The summed E-state index contributed by atoms with van der Waals surface area (Å²) < 4.78 is 5.23. The quantitative estimate of drug-likeness (QED) is 0.497. The summed E-state index contributed by atoms with van der Waals surface area (Å²) in [5, 5.41) is 0. The summed E-state index contributed by atoms with van der Waals surface area (Å²) in [4.78, 5) is 11.2. The Morgan fingerprint density at radius 3 is 3.09 bits per heavy atom. The Kier molecular flexibility index (Phi) is 1.63. The van der Waals surface area contributed by atoms with E-state index < -0.39 is 0 Å². The van der Waals surface area contributed by atoms with Gasteiger partial charge in [0, 0.05) is 0 Å². The third-order valence-electron chi connectivity index (χ3n) is 3.03. The fraction of sp³-hybridized carbons (Fsp3) is 0.889. The zero-order valence-corrected chi connectivity index (χ0v) is 6.88. The smallest absolute Gasteiger partial charge is 0.309 e. The Morgan fingerprint density at radius 2 is 2.27 bits per heavy atom. The lowest BCUT2D eigenvalue weighted by molar-refractivity contribution is -0.167. The Balaban J connectivity index is 2.11. The van der Waals surface area contributed by atoms with E-state index in [1.165, 1.54) is 12.8 Å². The fourth-order valence-electron chi connectivity index (χ4n) is 2.21. The molecular formula is C9H14O2. The van der Waals surface area contributed by atoms with Crippen molar-refractivity contribution in [3.63, 3.8) is 0 Å². The molecule has 0 spiro atoms. The second kappa shape index (κ2) is 2.50. The normalized spacial score (nSPS) is 43.4. The molecule has 11 heavy (non-hydrogen) atoms. The second-order valence-corrected chi connectivity index (χ2v) is 3.77. The van der Waals surface area contributed by atoms with Crippen LogP contribution in [0.5, 0.6) is 0 Å². The van der Waals surface area contributed by atoms with E-state index >= 15 is 0 Å². The highest BCUT2D eigenvalue weighted by molar-refractivity contribution is 5.73. The third-order valence-corrected chi connectivity index (χ3v) is 3.03. The molecule has 0 aromatic rings. The Morgan fingerprint density at radius 1 is 1.45 bits per heavy atom. The van der Waals surface area contributed by atoms with Gasteiger partial charge in [-0.2, -0.15) is 0 Å². The third kappa shape index (κ3) is 1.15. The van der Waals surface area contributed by atoms with Gasteiger partial charge in [0.05, 0.1) is 5.92 Å². The van der Waals surface area contributed by atoms with E-state index in [0.29, 0.717) is 5.92 Å². The molecule has 0 amide bonds. The van der Waals surface area contributed by atoms with Crippen LogP contribution in [0.3, 0.4) is 0 Å². The van der Waals surface area contributed by atoms with Crippen LogP contribution < -0.4 is 0 Å². The molecule has 0 aromatic heterocycles. The monoisotopic (exact) mass is 154 g/mol. The molecule has 2 aliphatic rings. The lowest BCUT2D eigenvalue weighted by Crippen LogP contribution is -2.39. The summed E-state index contributed by atoms with van der Waals surface area (Å²) >= 11 is 0. The van der Waals surface area contributed by atoms with Crippen LogP contribution in [-0.2, 0) is 9.53 Å². The van der Waals surface area contributed by atoms with Crippen molar-refractivity contribution in [3.8, 4) is 0 Å². The minimum absolute atomic E-state index is 0.0333. The topological polar surface area (TPSA) is 26.3 Å². The Hall–Kier alpha value is -0.530. The second-order valence-electron chi connectivity index (χ2n) is 3.77. The average Bonchev–Trinajstić information content (AvgIpc) is 2.01. The van der Waals surface area contributed by atoms with E-state index in [4.69, 9.17) is 4.74 Å². The van der Waals surface area contributed by atoms with E-state index in [-0.39, 0.29) is 18.0 Å². The van der Waals surface area contributed by atoms with Gasteiger partial charge >= 0.3 is 5.97 Å². The molecule has 62 valence electrons. The highest BCUT2D eigenvalue weighted by Crippen LogP contribution is 2.36. The van der Waals surface area contributed by atoms with Crippen LogP contribution in [0.15, 0.2) is 0 Å². The van der Waals surface area contributed by atoms with Gasteiger partial charge < -0.3 is 4.74 Å². The largest absolute Gasteiger partial charge is 0.462 e. The molecule has 3 unspecified atom stereocenters. The highest BCUT2D eigenvalue weighted by Gasteiger charge is 2.37. The van der Waals surface area contributed by atoms with Crippen molar-refractivity contribution in [1.29, 1.82) is 0 Å². The molecule has 2 nitrogen and oxygen atoms in total. The van der Waals surface area contributed by atoms with Crippen molar-refractivity contribution in [1.82, 2.24) is 0 Å². The molecule has 1 aliphatic heterocycles. The van der Waals surface area contributed by atoms with Crippen molar-refractivity contribution < 1.29 is 9.53 Å². The first-order valence-corrected chi connectivity index (χ1v) is 4.48. The first kappa shape index (κ1) is 7.14. The molecule has 1 heterocycles. The summed E-state index contributed by atoms with van der Waals surface area (Å²) in [7, 11) is 0. The summed E-state index contributed by atoms with van der Waals surface area (Å²) in [6.07, 6.45) is 4.94. The van der Waals surface area contributed by atoms with Gasteiger partial charge in [0.1, 0.15) is 6.10 Å². The number of esters is 1.